The average Bonchev–Trinajstić information content (AvgIpc) is 2.98. The van der Waals surface area contributed by atoms with E-state index in [9.17, 15) is 17.6 Å². The number of pyridine rings is 1. The van der Waals surface area contributed by atoms with Crippen LogP contribution in [0.5, 0.6) is 0 Å². The highest BCUT2D eigenvalue weighted by Gasteiger charge is 2.36. The normalized spacial score (nSPS) is 11.9. The van der Waals surface area contributed by atoms with E-state index in [1.54, 1.807) is 36.4 Å². The fourth-order valence-corrected chi connectivity index (χ4v) is 3.06. The number of rotatable bonds is 2. The molecule has 2 heterocycles. The molecule has 0 fully saturated rings. The Hall–Kier alpha value is -3.22. The molecule has 0 aliphatic heterocycles. The lowest BCUT2D eigenvalue weighted by molar-refractivity contribution is -0.136. The number of halogens is 4. The van der Waals surface area contributed by atoms with Crippen molar-refractivity contribution in [2.45, 2.75) is 13.1 Å². The number of aryl methyl sites for hydroxylation is 1. The van der Waals surface area contributed by atoms with Crippen LogP contribution >= 0.6 is 0 Å². The number of aromatic nitrogens is 3. The first-order valence-corrected chi connectivity index (χ1v) is 8.14. The Kier molecular flexibility index (Phi) is 3.95. The number of nitrogens with zero attached hydrogens (tertiary/aromatic N) is 3. The van der Waals surface area contributed by atoms with E-state index in [2.05, 4.69) is 10.1 Å². The first-order chi connectivity index (χ1) is 12.9. The minimum Gasteiger partial charge on any atom is -0.228 e. The zero-order valence-electron chi connectivity index (χ0n) is 14.1. The second-order valence-electron chi connectivity index (χ2n) is 6.07. The number of benzene rings is 2. The molecule has 136 valence electrons. The standard InChI is InChI=1S/C20H13F4N3/c1-12-18-14(20(22,23)24)11-16(13-7-3-2-4-8-13)25-19(18)27(26-12)17-10-6-5-9-15(17)21/h2-11H,1H3. The maximum atomic E-state index is 14.3. The van der Waals surface area contributed by atoms with E-state index in [0.717, 1.165) is 10.7 Å². The molecule has 0 aliphatic rings. The van der Waals surface area contributed by atoms with Crippen LogP contribution < -0.4 is 0 Å². The molecule has 27 heavy (non-hydrogen) atoms. The monoisotopic (exact) mass is 371 g/mol. The molecule has 0 amide bonds. The fourth-order valence-electron chi connectivity index (χ4n) is 3.06. The minimum atomic E-state index is -4.60. The molecule has 0 spiro atoms. The lowest BCUT2D eigenvalue weighted by atomic mass is 10.1. The van der Waals surface area contributed by atoms with Crippen LogP contribution in [-0.2, 0) is 6.18 Å². The zero-order chi connectivity index (χ0) is 19.2. The Morgan fingerprint density at radius 2 is 1.59 bits per heavy atom. The van der Waals surface area contributed by atoms with Crippen molar-refractivity contribution in [2.24, 2.45) is 0 Å². The Labute approximate surface area is 151 Å². The van der Waals surface area contributed by atoms with E-state index in [1.165, 1.54) is 25.1 Å². The number of alkyl halides is 3. The van der Waals surface area contributed by atoms with Crippen molar-refractivity contribution < 1.29 is 17.6 Å². The predicted molar refractivity (Wildman–Crippen MR) is 94.0 cm³/mol. The van der Waals surface area contributed by atoms with Gasteiger partial charge in [0.1, 0.15) is 11.5 Å². The summed E-state index contributed by atoms with van der Waals surface area (Å²) < 4.78 is 56.6. The van der Waals surface area contributed by atoms with Crippen LogP contribution in [0, 0.1) is 12.7 Å². The molecular weight excluding hydrogens is 358 g/mol. The molecule has 0 bridgehead atoms. The summed E-state index contributed by atoms with van der Waals surface area (Å²) in [6.45, 7) is 1.46. The van der Waals surface area contributed by atoms with Crippen molar-refractivity contribution in [3.05, 3.63) is 77.7 Å². The van der Waals surface area contributed by atoms with Crippen molar-refractivity contribution in [1.82, 2.24) is 14.8 Å². The molecule has 0 saturated heterocycles. The zero-order valence-corrected chi connectivity index (χ0v) is 14.1. The molecular formula is C20H13F4N3. The van der Waals surface area contributed by atoms with Gasteiger partial charge in [-0.3, -0.25) is 0 Å². The third kappa shape index (κ3) is 2.95. The van der Waals surface area contributed by atoms with Crippen molar-refractivity contribution in [1.29, 1.82) is 0 Å². The second-order valence-corrected chi connectivity index (χ2v) is 6.07. The highest BCUT2D eigenvalue weighted by molar-refractivity contribution is 5.87. The van der Waals surface area contributed by atoms with Crippen molar-refractivity contribution in [2.75, 3.05) is 0 Å². The summed E-state index contributed by atoms with van der Waals surface area (Å²) in [6, 6.07) is 15.3. The van der Waals surface area contributed by atoms with Crippen molar-refractivity contribution >= 4 is 11.0 Å². The first-order valence-electron chi connectivity index (χ1n) is 8.14. The summed E-state index contributed by atoms with van der Waals surface area (Å²) in [6.07, 6.45) is -4.60. The molecule has 0 unspecified atom stereocenters. The Bertz CT molecular complexity index is 1130. The van der Waals surface area contributed by atoms with Gasteiger partial charge in [-0.15, -0.1) is 0 Å². The van der Waals surface area contributed by atoms with Gasteiger partial charge in [-0.25, -0.2) is 14.1 Å². The van der Waals surface area contributed by atoms with E-state index in [0.29, 0.717) is 5.56 Å². The van der Waals surface area contributed by atoms with E-state index < -0.39 is 17.6 Å². The summed E-state index contributed by atoms with van der Waals surface area (Å²) in [5.74, 6) is -0.595. The average molecular weight is 371 g/mol. The molecule has 2 aromatic carbocycles. The second kappa shape index (κ2) is 6.19. The van der Waals surface area contributed by atoms with E-state index in [1.807, 2.05) is 0 Å². The highest BCUT2D eigenvalue weighted by Crippen LogP contribution is 2.38. The van der Waals surface area contributed by atoms with Crippen molar-refractivity contribution in [3.8, 4) is 16.9 Å². The third-order valence-electron chi connectivity index (χ3n) is 4.27. The van der Waals surface area contributed by atoms with Crippen LogP contribution in [0.25, 0.3) is 28.0 Å². The van der Waals surface area contributed by atoms with Gasteiger partial charge in [0.05, 0.1) is 22.3 Å². The van der Waals surface area contributed by atoms with Gasteiger partial charge in [0.15, 0.2) is 5.65 Å². The van der Waals surface area contributed by atoms with Gasteiger partial charge in [0.25, 0.3) is 0 Å². The molecule has 2 aromatic heterocycles. The highest BCUT2D eigenvalue weighted by atomic mass is 19.4. The summed E-state index contributed by atoms with van der Waals surface area (Å²) in [4.78, 5) is 4.39. The molecule has 0 atom stereocenters. The molecule has 0 aliphatic carbocycles. The van der Waals surface area contributed by atoms with E-state index in [4.69, 9.17) is 0 Å². The topological polar surface area (TPSA) is 30.7 Å². The van der Waals surface area contributed by atoms with Gasteiger partial charge in [0.2, 0.25) is 0 Å². The number of hydrogen-bond donors (Lipinski definition) is 0. The van der Waals surface area contributed by atoms with Crippen molar-refractivity contribution in [3.63, 3.8) is 0 Å². The van der Waals surface area contributed by atoms with Crippen LogP contribution in [-0.4, -0.2) is 14.8 Å². The lowest BCUT2D eigenvalue weighted by Crippen LogP contribution is -2.08. The van der Waals surface area contributed by atoms with Crippen LogP contribution in [0.4, 0.5) is 17.6 Å². The van der Waals surface area contributed by atoms with Gasteiger partial charge >= 0.3 is 6.18 Å². The Balaban J connectivity index is 2.10. The maximum absolute atomic E-state index is 14.3. The van der Waals surface area contributed by atoms with E-state index in [-0.39, 0.29) is 28.1 Å². The van der Waals surface area contributed by atoms with Gasteiger partial charge in [-0.2, -0.15) is 18.3 Å². The van der Waals surface area contributed by atoms with Crippen LogP contribution in [0.3, 0.4) is 0 Å². The molecule has 3 nitrogen and oxygen atoms in total. The Morgan fingerprint density at radius 1 is 0.926 bits per heavy atom. The largest absolute Gasteiger partial charge is 0.417 e. The third-order valence-corrected chi connectivity index (χ3v) is 4.27. The van der Waals surface area contributed by atoms with Crippen LogP contribution in [0.15, 0.2) is 60.7 Å². The maximum Gasteiger partial charge on any atom is 0.417 e. The first kappa shape index (κ1) is 17.2. The molecule has 7 heteroatoms. The molecule has 0 saturated carbocycles. The predicted octanol–water partition coefficient (Wildman–Crippen LogP) is 5.55. The molecule has 0 radical (unpaired) electrons. The quantitative estimate of drug-likeness (QED) is 0.432. The Morgan fingerprint density at radius 3 is 2.26 bits per heavy atom. The van der Waals surface area contributed by atoms with E-state index >= 15 is 0 Å². The van der Waals surface area contributed by atoms with Gasteiger partial charge in [-0.1, -0.05) is 42.5 Å². The summed E-state index contributed by atoms with van der Waals surface area (Å²) in [5.41, 5.74) is -0.0244. The molecule has 4 rings (SSSR count). The van der Waals surface area contributed by atoms with Crippen LogP contribution in [0.1, 0.15) is 11.3 Å². The molecule has 0 N–H and O–H groups in total. The number of fused-ring (bicyclic) bond motifs is 1. The summed E-state index contributed by atoms with van der Waals surface area (Å²) in [7, 11) is 0. The fraction of sp³-hybridized carbons (Fsp3) is 0.100. The lowest BCUT2D eigenvalue weighted by Gasteiger charge is -2.12. The number of hydrogen-bond acceptors (Lipinski definition) is 2. The number of para-hydroxylation sites is 1. The smallest absolute Gasteiger partial charge is 0.228 e. The summed E-state index contributed by atoms with van der Waals surface area (Å²) in [5, 5.41) is 4.01. The van der Waals surface area contributed by atoms with Gasteiger partial charge in [0, 0.05) is 5.56 Å². The van der Waals surface area contributed by atoms with Gasteiger partial charge < -0.3 is 0 Å². The minimum absolute atomic E-state index is 0.0359. The van der Waals surface area contributed by atoms with Gasteiger partial charge in [-0.05, 0) is 25.1 Å². The molecule has 4 aromatic rings. The SMILES string of the molecule is Cc1nn(-c2ccccc2F)c2nc(-c3ccccc3)cc(C(F)(F)F)c12. The van der Waals surface area contributed by atoms with Crippen LogP contribution in [0.2, 0.25) is 0 Å². The summed E-state index contributed by atoms with van der Waals surface area (Å²) >= 11 is 0.